The Labute approximate surface area is 738 Å². The van der Waals surface area contributed by atoms with E-state index < -0.39 is 66.0 Å². The van der Waals surface area contributed by atoms with Crippen molar-refractivity contribution in [2.45, 2.75) is 323 Å². The molecule has 0 unspecified atom stereocenters. The van der Waals surface area contributed by atoms with Gasteiger partial charge in [-0.25, -0.2) is 47.9 Å². The van der Waals surface area contributed by atoms with Crippen LogP contribution in [0.2, 0.25) is 0 Å². The fourth-order valence-electron chi connectivity index (χ4n) is 14.4. The molecule has 0 heterocycles. The molecule has 0 spiro atoms. The Morgan fingerprint density at radius 2 is 0.516 bits per heavy atom. The minimum atomic E-state index is -0.722. The van der Waals surface area contributed by atoms with Gasteiger partial charge in [0.15, 0.2) is 0 Å². The van der Waals surface area contributed by atoms with Crippen molar-refractivity contribution >= 4 is 72.9 Å². The third kappa shape index (κ3) is 57.9. The molecule has 0 atom stereocenters. The maximum atomic E-state index is 12.9. The van der Waals surface area contributed by atoms with E-state index >= 15 is 0 Å². The molecule has 3 rings (SSSR count). The van der Waals surface area contributed by atoms with E-state index in [1.54, 1.807) is 23.6 Å². The molecule has 4 amide bonds. The van der Waals surface area contributed by atoms with Gasteiger partial charge in [-0.05, 0) is 296 Å². The van der Waals surface area contributed by atoms with Crippen LogP contribution < -0.4 is 10.6 Å². The van der Waals surface area contributed by atoms with Gasteiger partial charge >= 0.3 is 67.0 Å². The number of nitrogens with one attached hydrogen (secondary N) is 2. The quantitative estimate of drug-likeness (QED) is 0.0247. The van der Waals surface area contributed by atoms with E-state index in [0.717, 1.165) is 193 Å². The number of esters is 3. The molecule has 32 nitrogen and oxygen atoms in total. The molecule has 0 saturated heterocycles. The summed E-state index contributed by atoms with van der Waals surface area (Å²) in [6.45, 7) is 27.5. The molecule has 32 heteroatoms. The predicted molar refractivity (Wildman–Crippen MR) is 463 cm³/mol. The number of unbranched alkanes of at least 4 members (excludes halogenated alkanes) is 20. The fraction of sp³-hybridized carbons (Fsp3) is 0.826. The van der Waals surface area contributed by atoms with Gasteiger partial charge < -0.3 is 96.2 Å². The van der Waals surface area contributed by atoms with Crippen LogP contribution in [0, 0.1) is 35.5 Å². The number of urea groups is 1. The molecule has 3 aliphatic rings. The van der Waals surface area contributed by atoms with Gasteiger partial charge in [0.05, 0.1) is 106 Å². The molecule has 124 heavy (non-hydrogen) atoms. The van der Waals surface area contributed by atoms with Crippen LogP contribution in [-0.4, -0.2) is 226 Å². The number of hydrogen-bond donors (Lipinski definition) is 2. The number of ether oxygens (including phenoxy) is 16. The molecule has 0 bridgehead atoms. The van der Waals surface area contributed by atoms with Crippen molar-refractivity contribution < 1.29 is 133 Å². The van der Waals surface area contributed by atoms with Gasteiger partial charge in [0.25, 0.3) is 0 Å². The first-order chi connectivity index (χ1) is 59.5. The number of carbonyl (C=O) groups excluding carboxylic acids is 12. The summed E-state index contributed by atoms with van der Waals surface area (Å²) < 4.78 is 84.8. The third-order valence-corrected chi connectivity index (χ3v) is 22.1. The maximum absolute atomic E-state index is 12.9. The molecule has 3 saturated carbocycles. The van der Waals surface area contributed by atoms with Crippen LogP contribution in [0.25, 0.3) is 0 Å². The average Bonchev–Trinajstić information content (AvgIpc) is 0.865. The van der Waals surface area contributed by atoms with Crippen molar-refractivity contribution in [2.24, 2.45) is 35.5 Å². The summed E-state index contributed by atoms with van der Waals surface area (Å²) >= 11 is 0. The molecule has 0 aromatic carbocycles. The van der Waals surface area contributed by atoms with Crippen molar-refractivity contribution in [1.82, 2.24) is 20.4 Å². The molecule has 3 aliphatic carbocycles. The highest BCUT2D eigenvalue weighted by Gasteiger charge is 2.31. The molecular weight excluding hydrogens is 1610 g/mol. The van der Waals surface area contributed by atoms with Crippen molar-refractivity contribution in [3.63, 3.8) is 0 Å². The first-order valence-electron chi connectivity index (χ1n) is 46.3. The van der Waals surface area contributed by atoms with E-state index in [9.17, 15) is 57.5 Å². The second-order valence-electron chi connectivity index (χ2n) is 35.2. The van der Waals surface area contributed by atoms with Gasteiger partial charge in [-0.15, -0.1) is 0 Å². The van der Waals surface area contributed by atoms with E-state index in [-0.39, 0.29) is 140 Å². The Hall–Kier alpha value is -8.48. The highest BCUT2D eigenvalue weighted by Crippen LogP contribution is 2.33. The van der Waals surface area contributed by atoms with Crippen LogP contribution in [0.3, 0.4) is 0 Å². The van der Waals surface area contributed by atoms with Crippen molar-refractivity contribution in [3.8, 4) is 0 Å². The Morgan fingerprint density at radius 3 is 0.823 bits per heavy atom. The minimum absolute atomic E-state index is 0.0293. The standard InChI is InChI=1S/C92H156N4O28/c1-71(2)81(99)109-63-53-95(91(5,6)7)79(97)37-25-13-11-16-28-52-94-84(102)111-55-29-17-18-30-56-112-85(103)113-57-31-19-20-32-58-114-86(104)115-59-33-21-22-34-60-116-87(105)117-61-35-23-24-36-62-118-88(106)120-66-74-43-45-76(46-44-74)68-122-90(108)124-70-78-49-47-77(48-50-78)69-123-89(107)121-67-75-41-39-73(40-42-75)65-119-80(98)38-26-14-12-15-27-51-93-83(101)96(92(8,9)10)54-64-110-82(100)72(3)4/h73-78H,1,3,11-70H2,2,4-10H3,(H,93,101)(H,94,102). The molecule has 2 N–H and O–H groups in total. The summed E-state index contributed by atoms with van der Waals surface area (Å²) in [4.78, 5) is 150. The summed E-state index contributed by atoms with van der Waals surface area (Å²) in [6.07, 6.45) is 26.6. The number of nitrogens with zero attached hydrogens (tertiary/aromatic N) is 2. The molecular formula is C92H156N4O28. The first-order valence-corrected chi connectivity index (χ1v) is 46.3. The lowest BCUT2D eigenvalue weighted by Gasteiger charge is -2.35. The van der Waals surface area contributed by atoms with Gasteiger partial charge in [0.2, 0.25) is 5.91 Å². The number of alkyl carbamates (subject to hydrolysis) is 1. The monoisotopic (exact) mass is 1770 g/mol. The third-order valence-electron chi connectivity index (χ3n) is 22.1. The second kappa shape index (κ2) is 67.8. The van der Waals surface area contributed by atoms with Gasteiger partial charge in [-0.1, -0.05) is 51.7 Å². The lowest BCUT2D eigenvalue weighted by atomic mass is 9.83. The molecule has 0 aromatic rings. The summed E-state index contributed by atoms with van der Waals surface area (Å²) in [5.41, 5.74) is -0.200. The lowest BCUT2D eigenvalue weighted by molar-refractivity contribution is -0.145. The van der Waals surface area contributed by atoms with Gasteiger partial charge in [0.1, 0.15) is 13.2 Å². The smallest absolute Gasteiger partial charge is 0.465 e. The normalized spacial score (nSPS) is 16.9. The van der Waals surface area contributed by atoms with E-state index in [1.807, 2.05) is 41.5 Å². The van der Waals surface area contributed by atoms with E-state index in [4.69, 9.17) is 75.8 Å². The number of carbonyl (C=O) groups is 12. The Kier molecular flexibility index (Phi) is 60.0. The topological polar surface area (TPSA) is 383 Å². The van der Waals surface area contributed by atoms with Gasteiger partial charge in [0, 0.05) is 48.2 Å². The number of rotatable bonds is 64. The lowest BCUT2D eigenvalue weighted by Crippen LogP contribution is -2.51. The van der Waals surface area contributed by atoms with E-state index in [1.165, 1.54) is 0 Å². The highest BCUT2D eigenvalue weighted by molar-refractivity contribution is 5.87. The second-order valence-corrected chi connectivity index (χ2v) is 35.2. The van der Waals surface area contributed by atoms with Crippen molar-refractivity contribution in [1.29, 1.82) is 0 Å². The summed E-state index contributed by atoms with van der Waals surface area (Å²) in [7, 11) is 0. The zero-order valence-electron chi connectivity index (χ0n) is 76.6. The average molecular weight is 1770 g/mol. The SMILES string of the molecule is C=C(C)C(=O)OCCN(C(=O)CCCCCCCNC(=O)OCCCCCCOC(=O)OCCCCCCOC(=O)OCCCCCCOC(=O)OCCCCCCOC(=O)OCC1CCC(COC(=O)OCC2CCC(COC(=O)OCC3CCC(COC(=O)CCCCCCCNC(=O)N(CCOC(=O)C(=C)C)C(C)(C)C)CC3)CC2)CC1)C(C)(C)C. The zero-order chi connectivity index (χ0) is 90.9. The molecule has 712 valence electrons. The largest absolute Gasteiger partial charge is 0.508 e. The van der Waals surface area contributed by atoms with E-state index in [0.29, 0.717) is 121 Å². The first kappa shape index (κ1) is 110. The molecule has 3 fully saturated rings. The molecule has 0 aromatic heterocycles. The zero-order valence-corrected chi connectivity index (χ0v) is 76.6. The highest BCUT2D eigenvalue weighted by atomic mass is 16.8. The number of amides is 4. The van der Waals surface area contributed by atoms with E-state index in [2.05, 4.69) is 23.8 Å². The van der Waals surface area contributed by atoms with Crippen LogP contribution in [0.15, 0.2) is 24.3 Å². The Morgan fingerprint density at radius 1 is 0.274 bits per heavy atom. The van der Waals surface area contributed by atoms with Crippen LogP contribution in [0.1, 0.15) is 312 Å². The van der Waals surface area contributed by atoms with Crippen molar-refractivity contribution in [3.05, 3.63) is 24.3 Å². The summed E-state index contributed by atoms with van der Waals surface area (Å²) in [5.74, 6) is 0.262. The minimum Gasteiger partial charge on any atom is -0.465 e. The van der Waals surface area contributed by atoms with Crippen LogP contribution in [0.4, 0.5) is 38.4 Å². The summed E-state index contributed by atoms with van der Waals surface area (Å²) in [6, 6.07) is -0.204. The predicted octanol–water partition coefficient (Wildman–Crippen LogP) is 19.2. The van der Waals surface area contributed by atoms with Crippen LogP contribution in [-0.2, 0) is 95.0 Å². The summed E-state index contributed by atoms with van der Waals surface area (Å²) in [5, 5.41) is 5.74. The molecule has 0 radical (unpaired) electrons. The van der Waals surface area contributed by atoms with Crippen LogP contribution in [0.5, 0.6) is 0 Å². The maximum Gasteiger partial charge on any atom is 0.508 e. The Bertz CT molecular complexity index is 3040. The van der Waals surface area contributed by atoms with Gasteiger partial charge in [-0.2, -0.15) is 0 Å². The molecule has 0 aliphatic heterocycles. The van der Waals surface area contributed by atoms with Crippen molar-refractivity contribution in [2.75, 3.05) is 132 Å². The van der Waals surface area contributed by atoms with Crippen LogP contribution >= 0.6 is 0 Å². The fourth-order valence-corrected chi connectivity index (χ4v) is 14.4. The number of hydrogen-bond acceptors (Lipinski definition) is 28. The Balaban J connectivity index is 0.993. The van der Waals surface area contributed by atoms with Gasteiger partial charge in [-0.3, -0.25) is 9.59 Å².